The van der Waals surface area contributed by atoms with Crippen LogP contribution in [0.1, 0.15) is 27.3 Å². The molecule has 6 nitrogen and oxygen atoms in total. The lowest BCUT2D eigenvalue weighted by Gasteiger charge is -2.12. The van der Waals surface area contributed by atoms with Gasteiger partial charge in [-0.1, -0.05) is 54.6 Å². The summed E-state index contributed by atoms with van der Waals surface area (Å²) in [4.78, 5) is 29.9. The molecule has 32 heavy (non-hydrogen) atoms. The van der Waals surface area contributed by atoms with E-state index in [9.17, 15) is 9.59 Å². The number of fused-ring (bicyclic) bond motifs is 1. The Hall–Kier alpha value is -3.93. The van der Waals surface area contributed by atoms with Crippen LogP contribution in [0, 0.1) is 13.8 Å². The van der Waals surface area contributed by atoms with Crippen molar-refractivity contribution in [2.24, 2.45) is 0 Å². The van der Waals surface area contributed by atoms with Crippen LogP contribution in [0.25, 0.3) is 11.0 Å². The van der Waals surface area contributed by atoms with Gasteiger partial charge in [-0.25, -0.2) is 4.98 Å². The van der Waals surface area contributed by atoms with Crippen molar-refractivity contribution in [3.8, 4) is 5.75 Å². The van der Waals surface area contributed by atoms with E-state index in [4.69, 9.17) is 4.74 Å². The van der Waals surface area contributed by atoms with E-state index >= 15 is 0 Å². The molecule has 1 aromatic heterocycles. The zero-order valence-corrected chi connectivity index (χ0v) is 18.2. The molecule has 0 unspecified atom stereocenters. The molecular formula is C26H25N3O3. The fraction of sp³-hybridized carbons (Fsp3) is 0.192. The number of para-hydroxylation sites is 2. The Labute approximate surface area is 186 Å². The lowest BCUT2D eigenvalue weighted by Crippen LogP contribution is -2.30. The summed E-state index contributed by atoms with van der Waals surface area (Å²) in [5.41, 5.74) is 4.33. The number of hydrogen-bond donors (Lipinski definition) is 1. The van der Waals surface area contributed by atoms with Crippen LogP contribution >= 0.6 is 0 Å². The number of benzene rings is 3. The highest BCUT2D eigenvalue weighted by atomic mass is 16.5. The molecule has 6 heteroatoms. The molecule has 1 N–H and O–H groups in total. The molecule has 4 aromatic rings. The Morgan fingerprint density at radius 1 is 0.969 bits per heavy atom. The standard InChI is InChI=1S/C26H25N3O3/c1-18-12-13-19(2)24(14-18)32-17-26(31)27-15-25-28-21-10-6-7-11-22(21)29(25)16-23(30)20-8-4-3-5-9-20/h3-14H,15-17H2,1-2H3,(H,27,31). The van der Waals surface area contributed by atoms with Crippen LogP contribution in [0.4, 0.5) is 0 Å². The van der Waals surface area contributed by atoms with Gasteiger partial charge in [0.05, 0.1) is 24.1 Å². The van der Waals surface area contributed by atoms with E-state index in [1.54, 1.807) is 12.1 Å². The van der Waals surface area contributed by atoms with Crippen LogP contribution in [0.2, 0.25) is 0 Å². The number of carbonyl (C=O) groups excluding carboxylic acids is 2. The summed E-state index contributed by atoms with van der Waals surface area (Å²) >= 11 is 0. The van der Waals surface area contributed by atoms with Crippen LogP contribution in [0.5, 0.6) is 5.75 Å². The SMILES string of the molecule is Cc1ccc(C)c(OCC(=O)NCc2nc3ccccc3n2CC(=O)c2ccccc2)c1. The second kappa shape index (κ2) is 9.47. The molecule has 3 aromatic carbocycles. The second-order valence-corrected chi connectivity index (χ2v) is 7.73. The maximum atomic E-state index is 12.8. The minimum absolute atomic E-state index is 0.0143. The predicted molar refractivity (Wildman–Crippen MR) is 124 cm³/mol. The summed E-state index contributed by atoms with van der Waals surface area (Å²) in [5, 5.41) is 2.86. The highest BCUT2D eigenvalue weighted by Crippen LogP contribution is 2.19. The minimum atomic E-state index is -0.251. The van der Waals surface area contributed by atoms with Gasteiger partial charge in [0, 0.05) is 5.56 Å². The van der Waals surface area contributed by atoms with Crippen molar-refractivity contribution in [3.63, 3.8) is 0 Å². The summed E-state index contributed by atoms with van der Waals surface area (Å²) in [5.74, 6) is 1.05. The molecule has 4 rings (SSSR count). The van der Waals surface area contributed by atoms with Gasteiger partial charge in [-0.15, -0.1) is 0 Å². The molecule has 0 radical (unpaired) electrons. The zero-order valence-electron chi connectivity index (χ0n) is 18.2. The molecule has 0 spiro atoms. The lowest BCUT2D eigenvalue weighted by molar-refractivity contribution is -0.123. The summed E-state index contributed by atoms with van der Waals surface area (Å²) in [6.07, 6.45) is 0. The third-order valence-electron chi connectivity index (χ3n) is 5.28. The number of carbonyl (C=O) groups is 2. The van der Waals surface area contributed by atoms with Gasteiger partial charge in [0.15, 0.2) is 12.4 Å². The van der Waals surface area contributed by atoms with Gasteiger partial charge >= 0.3 is 0 Å². The van der Waals surface area contributed by atoms with Crippen molar-refractivity contribution < 1.29 is 14.3 Å². The molecule has 1 heterocycles. The third kappa shape index (κ3) is 4.86. The topological polar surface area (TPSA) is 73.2 Å². The first-order valence-electron chi connectivity index (χ1n) is 10.5. The molecular weight excluding hydrogens is 402 g/mol. The van der Waals surface area contributed by atoms with Gasteiger partial charge in [0.2, 0.25) is 0 Å². The number of aromatic nitrogens is 2. The zero-order chi connectivity index (χ0) is 22.5. The van der Waals surface area contributed by atoms with Crippen molar-refractivity contribution in [1.29, 1.82) is 0 Å². The maximum Gasteiger partial charge on any atom is 0.258 e. The molecule has 0 aliphatic carbocycles. The Morgan fingerprint density at radius 2 is 1.72 bits per heavy atom. The summed E-state index contributed by atoms with van der Waals surface area (Å²) in [6.45, 7) is 4.18. The van der Waals surface area contributed by atoms with Crippen LogP contribution < -0.4 is 10.1 Å². The largest absolute Gasteiger partial charge is 0.483 e. The lowest BCUT2D eigenvalue weighted by atomic mass is 10.1. The summed E-state index contributed by atoms with van der Waals surface area (Å²) in [7, 11) is 0. The molecule has 0 aliphatic rings. The normalized spacial score (nSPS) is 10.8. The van der Waals surface area contributed by atoms with Gasteiger partial charge in [0.1, 0.15) is 11.6 Å². The molecule has 0 aliphatic heterocycles. The van der Waals surface area contributed by atoms with Crippen LogP contribution in [-0.4, -0.2) is 27.8 Å². The quantitative estimate of drug-likeness (QED) is 0.427. The number of ether oxygens (including phenoxy) is 1. The number of aryl methyl sites for hydroxylation is 2. The number of imidazole rings is 1. The van der Waals surface area contributed by atoms with Crippen molar-refractivity contribution in [2.45, 2.75) is 26.9 Å². The Balaban J connectivity index is 1.46. The first kappa shape index (κ1) is 21.3. The third-order valence-corrected chi connectivity index (χ3v) is 5.28. The predicted octanol–water partition coefficient (Wildman–Crippen LogP) is 4.23. The van der Waals surface area contributed by atoms with Crippen molar-refractivity contribution in [1.82, 2.24) is 14.9 Å². The summed E-state index contributed by atoms with van der Waals surface area (Å²) < 4.78 is 7.54. The number of rotatable bonds is 8. The number of ketones is 1. The molecule has 0 fully saturated rings. The van der Waals surface area contributed by atoms with Crippen molar-refractivity contribution in [3.05, 3.63) is 95.3 Å². The fourth-order valence-corrected chi connectivity index (χ4v) is 3.53. The van der Waals surface area contributed by atoms with Gasteiger partial charge in [-0.05, 0) is 43.2 Å². The molecule has 1 amide bonds. The average Bonchev–Trinajstić information content (AvgIpc) is 3.16. The van der Waals surface area contributed by atoms with Crippen molar-refractivity contribution >= 4 is 22.7 Å². The van der Waals surface area contributed by atoms with E-state index in [2.05, 4.69) is 10.3 Å². The van der Waals surface area contributed by atoms with E-state index in [0.29, 0.717) is 17.1 Å². The monoisotopic (exact) mass is 427 g/mol. The van der Waals surface area contributed by atoms with Gasteiger partial charge in [0.25, 0.3) is 5.91 Å². The maximum absolute atomic E-state index is 12.8. The minimum Gasteiger partial charge on any atom is -0.483 e. The average molecular weight is 428 g/mol. The van der Waals surface area contributed by atoms with E-state index < -0.39 is 0 Å². The van der Waals surface area contributed by atoms with E-state index in [-0.39, 0.29) is 31.4 Å². The van der Waals surface area contributed by atoms with Crippen molar-refractivity contribution in [2.75, 3.05) is 6.61 Å². The number of Topliss-reactive ketones (excluding diaryl/α,β-unsaturated/α-hetero) is 1. The summed E-state index contributed by atoms with van der Waals surface area (Å²) in [6, 6.07) is 22.7. The first-order valence-corrected chi connectivity index (χ1v) is 10.5. The Kier molecular flexibility index (Phi) is 6.31. The molecule has 0 saturated heterocycles. The van der Waals surface area contributed by atoms with E-state index in [0.717, 1.165) is 22.2 Å². The van der Waals surface area contributed by atoms with Gasteiger partial charge in [-0.3, -0.25) is 9.59 Å². The number of nitrogens with zero attached hydrogens (tertiary/aromatic N) is 2. The fourth-order valence-electron chi connectivity index (χ4n) is 3.53. The van der Waals surface area contributed by atoms with E-state index in [1.807, 2.05) is 79.1 Å². The highest BCUT2D eigenvalue weighted by molar-refractivity contribution is 5.96. The van der Waals surface area contributed by atoms with Crippen LogP contribution in [0.15, 0.2) is 72.8 Å². The van der Waals surface area contributed by atoms with Crippen LogP contribution in [-0.2, 0) is 17.9 Å². The van der Waals surface area contributed by atoms with E-state index in [1.165, 1.54) is 0 Å². The highest BCUT2D eigenvalue weighted by Gasteiger charge is 2.15. The Morgan fingerprint density at radius 3 is 2.53 bits per heavy atom. The Bertz CT molecular complexity index is 1260. The number of amides is 1. The smallest absolute Gasteiger partial charge is 0.258 e. The first-order chi connectivity index (χ1) is 15.5. The van der Waals surface area contributed by atoms with Gasteiger partial charge < -0.3 is 14.6 Å². The number of hydrogen-bond acceptors (Lipinski definition) is 4. The molecule has 162 valence electrons. The number of nitrogens with one attached hydrogen (secondary N) is 1. The molecule has 0 atom stereocenters. The molecule has 0 saturated carbocycles. The molecule has 0 bridgehead atoms. The second-order valence-electron chi connectivity index (χ2n) is 7.73. The van der Waals surface area contributed by atoms with Gasteiger partial charge in [-0.2, -0.15) is 0 Å². The van der Waals surface area contributed by atoms with Crippen LogP contribution in [0.3, 0.4) is 0 Å².